The van der Waals surface area contributed by atoms with Gasteiger partial charge in [-0.2, -0.15) is 0 Å². The van der Waals surface area contributed by atoms with Crippen molar-refractivity contribution in [2.24, 2.45) is 0 Å². The lowest BCUT2D eigenvalue weighted by Crippen LogP contribution is -1.98. The molecule has 0 aliphatic rings. The number of hydrogen-bond donors (Lipinski definition) is 0. The lowest BCUT2D eigenvalue weighted by atomic mass is 10.2. The highest BCUT2D eigenvalue weighted by atomic mass is 35.5. The van der Waals surface area contributed by atoms with Gasteiger partial charge in [0.2, 0.25) is 0 Å². The first-order valence-corrected chi connectivity index (χ1v) is 6.42. The second-order valence-corrected chi connectivity index (χ2v) is 3.95. The van der Waals surface area contributed by atoms with Crippen LogP contribution in [0.2, 0.25) is 5.02 Å². The van der Waals surface area contributed by atoms with Crippen LogP contribution in [0.15, 0.2) is 42.6 Å². The van der Waals surface area contributed by atoms with Crippen LogP contribution in [0.1, 0.15) is 25.1 Å². The van der Waals surface area contributed by atoms with Crippen LogP contribution in [0.3, 0.4) is 0 Å². The number of aromatic nitrogens is 1. The van der Waals surface area contributed by atoms with Gasteiger partial charge in [-0.05, 0) is 36.8 Å². The maximum atomic E-state index is 6.02. The minimum atomic E-state index is 0.435. The monoisotopic (exact) mass is 263 g/mol. The van der Waals surface area contributed by atoms with Gasteiger partial charge in [-0.3, -0.25) is 4.98 Å². The normalized spacial score (nSPS) is 9.33. The Balaban J connectivity index is 0.000000771. The average molecular weight is 264 g/mol. The van der Waals surface area contributed by atoms with Gasteiger partial charge < -0.3 is 4.74 Å². The molecular formula is C15H18ClNO. The Morgan fingerprint density at radius 2 is 1.94 bits per heavy atom. The standard InChI is InChI=1S/C13H12ClNO.C2H6/c1-10-5-6-12(14)13(8-10)16-9-11-4-2-3-7-15-11;1-2/h2-8H,9H2,1H3;1-2H3. The Morgan fingerprint density at radius 3 is 2.61 bits per heavy atom. The Kier molecular flexibility index (Phi) is 6.23. The van der Waals surface area contributed by atoms with E-state index in [4.69, 9.17) is 16.3 Å². The number of benzene rings is 1. The number of hydrogen-bond acceptors (Lipinski definition) is 2. The number of aryl methyl sites for hydroxylation is 1. The van der Waals surface area contributed by atoms with Crippen LogP contribution in [0.4, 0.5) is 0 Å². The van der Waals surface area contributed by atoms with Crippen LogP contribution in [0.5, 0.6) is 5.75 Å². The third-order valence-electron chi connectivity index (χ3n) is 2.19. The van der Waals surface area contributed by atoms with E-state index in [0.717, 1.165) is 11.3 Å². The molecule has 0 spiro atoms. The van der Waals surface area contributed by atoms with Gasteiger partial charge in [-0.25, -0.2) is 0 Å². The van der Waals surface area contributed by atoms with E-state index in [2.05, 4.69) is 4.98 Å². The van der Waals surface area contributed by atoms with Crippen molar-refractivity contribution in [3.05, 3.63) is 58.9 Å². The maximum Gasteiger partial charge on any atom is 0.138 e. The summed E-state index contributed by atoms with van der Waals surface area (Å²) in [5.41, 5.74) is 2.01. The van der Waals surface area contributed by atoms with Crippen molar-refractivity contribution in [2.75, 3.05) is 0 Å². The van der Waals surface area contributed by atoms with E-state index in [9.17, 15) is 0 Å². The fourth-order valence-electron chi connectivity index (χ4n) is 1.36. The van der Waals surface area contributed by atoms with Crippen LogP contribution in [-0.2, 0) is 6.61 Å². The SMILES string of the molecule is CC.Cc1ccc(Cl)c(OCc2ccccn2)c1. The Labute approximate surface area is 114 Å². The maximum absolute atomic E-state index is 6.02. The summed E-state index contributed by atoms with van der Waals surface area (Å²) >= 11 is 6.02. The Bertz CT molecular complexity index is 471. The van der Waals surface area contributed by atoms with Gasteiger partial charge in [0.1, 0.15) is 12.4 Å². The van der Waals surface area contributed by atoms with Gasteiger partial charge in [0, 0.05) is 6.20 Å². The molecule has 0 fully saturated rings. The first kappa shape index (κ1) is 14.5. The highest BCUT2D eigenvalue weighted by molar-refractivity contribution is 6.32. The van der Waals surface area contributed by atoms with Crippen LogP contribution in [-0.4, -0.2) is 4.98 Å². The quantitative estimate of drug-likeness (QED) is 0.804. The van der Waals surface area contributed by atoms with E-state index in [0.29, 0.717) is 17.4 Å². The van der Waals surface area contributed by atoms with Crippen molar-refractivity contribution in [3.8, 4) is 5.75 Å². The molecule has 0 amide bonds. The average Bonchev–Trinajstić information content (AvgIpc) is 2.43. The molecular weight excluding hydrogens is 246 g/mol. The van der Waals surface area contributed by atoms with Gasteiger partial charge in [0.25, 0.3) is 0 Å². The van der Waals surface area contributed by atoms with E-state index in [1.807, 2.05) is 57.2 Å². The van der Waals surface area contributed by atoms with Gasteiger partial charge in [-0.1, -0.05) is 37.6 Å². The minimum Gasteiger partial charge on any atom is -0.486 e. The van der Waals surface area contributed by atoms with Crippen LogP contribution < -0.4 is 4.74 Å². The highest BCUT2D eigenvalue weighted by Crippen LogP contribution is 2.25. The first-order valence-electron chi connectivity index (χ1n) is 6.04. The summed E-state index contributed by atoms with van der Waals surface area (Å²) in [5, 5.41) is 0.626. The van der Waals surface area contributed by atoms with E-state index in [-0.39, 0.29) is 0 Å². The molecule has 2 rings (SSSR count). The number of halogens is 1. The molecule has 96 valence electrons. The van der Waals surface area contributed by atoms with E-state index >= 15 is 0 Å². The summed E-state index contributed by atoms with van der Waals surface area (Å²) in [4.78, 5) is 4.18. The molecule has 18 heavy (non-hydrogen) atoms. The molecule has 0 aliphatic carbocycles. The molecule has 0 atom stereocenters. The molecule has 2 aromatic rings. The zero-order chi connectivity index (χ0) is 13.4. The Morgan fingerprint density at radius 1 is 1.17 bits per heavy atom. The van der Waals surface area contributed by atoms with Gasteiger partial charge in [0.15, 0.2) is 0 Å². The second kappa shape index (κ2) is 7.72. The van der Waals surface area contributed by atoms with E-state index < -0.39 is 0 Å². The zero-order valence-corrected chi connectivity index (χ0v) is 11.7. The Hall–Kier alpha value is -1.54. The van der Waals surface area contributed by atoms with Crippen LogP contribution in [0, 0.1) is 6.92 Å². The smallest absolute Gasteiger partial charge is 0.138 e. The third-order valence-corrected chi connectivity index (χ3v) is 2.50. The number of nitrogens with zero attached hydrogens (tertiary/aromatic N) is 1. The van der Waals surface area contributed by atoms with Crippen LogP contribution >= 0.6 is 11.6 Å². The molecule has 1 heterocycles. The third kappa shape index (κ3) is 4.38. The lowest BCUT2D eigenvalue weighted by Gasteiger charge is -2.08. The summed E-state index contributed by atoms with van der Waals surface area (Å²) < 4.78 is 5.61. The van der Waals surface area contributed by atoms with Gasteiger partial charge in [-0.15, -0.1) is 0 Å². The predicted molar refractivity (Wildman–Crippen MR) is 76.1 cm³/mol. The fraction of sp³-hybridized carbons (Fsp3) is 0.267. The molecule has 1 aromatic carbocycles. The topological polar surface area (TPSA) is 22.1 Å². The van der Waals surface area contributed by atoms with Crippen LogP contribution in [0.25, 0.3) is 0 Å². The van der Waals surface area contributed by atoms with Crippen molar-refractivity contribution in [3.63, 3.8) is 0 Å². The van der Waals surface area contributed by atoms with Crippen molar-refractivity contribution in [1.82, 2.24) is 4.98 Å². The molecule has 0 N–H and O–H groups in total. The first-order chi connectivity index (χ1) is 8.75. The van der Waals surface area contributed by atoms with Gasteiger partial charge in [0.05, 0.1) is 10.7 Å². The summed E-state index contributed by atoms with van der Waals surface area (Å²) in [5.74, 6) is 0.701. The molecule has 3 heteroatoms. The van der Waals surface area contributed by atoms with E-state index in [1.54, 1.807) is 6.20 Å². The summed E-state index contributed by atoms with van der Waals surface area (Å²) in [7, 11) is 0. The summed E-state index contributed by atoms with van der Waals surface area (Å²) in [6, 6.07) is 11.4. The summed E-state index contributed by atoms with van der Waals surface area (Å²) in [6.07, 6.45) is 1.75. The van der Waals surface area contributed by atoms with Crippen molar-refractivity contribution in [2.45, 2.75) is 27.4 Å². The van der Waals surface area contributed by atoms with Crippen molar-refractivity contribution < 1.29 is 4.74 Å². The molecule has 2 nitrogen and oxygen atoms in total. The zero-order valence-electron chi connectivity index (χ0n) is 11.0. The second-order valence-electron chi connectivity index (χ2n) is 3.54. The number of rotatable bonds is 3. The molecule has 0 unspecified atom stereocenters. The highest BCUT2D eigenvalue weighted by Gasteiger charge is 2.02. The predicted octanol–water partition coefficient (Wildman–Crippen LogP) is 4.65. The lowest BCUT2D eigenvalue weighted by molar-refractivity contribution is 0.301. The number of pyridine rings is 1. The molecule has 0 radical (unpaired) electrons. The fourth-order valence-corrected chi connectivity index (χ4v) is 1.53. The molecule has 0 saturated heterocycles. The molecule has 0 aliphatic heterocycles. The summed E-state index contributed by atoms with van der Waals surface area (Å²) in [6.45, 7) is 6.44. The number of ether oxygens (including phenoxy) is 1. The minimum absolute atomic E-state index is 0.435. The van der Waals surface area contributed by atoms with Gasteiger partial charge >= 0.3 is 0 Å². The molecule has 0 bridgehead atoms. The largest absolute Gasteiger partial charge is 0.486 e. The van der Waals surface area contributed by atoms with E-state index in [1.165, 1.54) is 0 Å². The molecule has 0 saturated carbocycles. The van der Waals surface area contributed by atoms with Crippen molar-refractivity contribution >= 4 is 11.6 Å². The van der Waals surface area contributed by atoms with Crippen molar-refractivity contribution in [1.29, 1.82) is 0 Å². The molecule has 1 aromatic heterocycles.